The zero-order chi connectivity index (χ0) is 11.7. The van der Waals surface area contributed by atoms with Crippen molar-refractivity contribution in [2.45, 2.75) is 45.4 Å². The molecule has 0 aromatic heterocycles. The van der Waals surface area contributed by atoms with Crippen LogP contribution in [-0.2, 0) is 9.59 Å². The van der Waals surface area contributed by atoms with E-state index in [1.54, 1.807) is 4.90 Å². The van der Waals surface area contributed by atoms with Crippen LogP contribution in [-0.4, -0.2) is 35.5 Å². The number of likely N-dealkylation sites (tertiary alicyclic amines) is 1. The van der Waals surface area contributed by atoms with Gasteiger partial charge in [-0.05, 0) is 12.8 Å². The number of unbranched alkanes of at least 4 members (excludes halogenated alkanes) is 2. The molecule has 0 aromatic carbocycles. The van der Waals surface area contributed by atoms with Crippen LogP contribution < -0.4 is 0 Å². The lowest BCUT2D eigenvalue weighted by Crippen LogP contribution is -2.17. The number of carbonyl (C=O) groups excluding carboxylic acids is 1. The lowest BCUT2D eigenvalue weighted by atomic mass is 10.2. The molecule has 15 heavy (non-hydrogen) atoms. The van der Waals surface area contributed by atoms with Gasteiger partial charge in [0.2, 0.25) is 5.91 Å². The molecule has 1 N–H and O–H groups in total. The first-order valence-electron chi connectivity index (χ1n) is 5.53. The molecule has 0 aliphatic carbocycles. The van der Waals surface area contributed by atoms with Gasteiger partial charge in [0.05, 0.1) is 0 Å². The van der Waals surface area contributed by atoms with Crippen molar-refractivity contribution in [2.75, 3.05) is 13.6 Å². The van der Waals surface area contributed by atoms with Gasteiger partial charge < -0.3 is 10.0 Å². The highest BCUT2D eigenvalue weighted by atomic mass is 16.4. The number of hydrogen-bond donors (Lipinski definition) is 1. The molecule has 0 aromatic rings. The molecule has 0 bridgehead atoms. The quantitative estimate of drug-likeness (QED) is 0.728. The molecule has 0 saturated carbocycles. The molecule has 1 amide bonds. The maximum absolute atomic E-state index is 10.5. The van der Waals surface area contributed by atoms with Crippen molar-refractivity contribution in [3.05, 3.63) is 0 Å². The summed E-state index contributed by atoms with van der Waals surface area (Å²) in [5.74, 6) is -0.390. The zero-order valence-electron chi connectivity index (χ0n) is 9.66. The minimum atomic E-state index is -0.682. The molecule has 88 valence electrons. The first kappa shape index (κ1) is 13.9. The van der Waals surface area contributed by atoms with Gasteiger partial charge in [-0.25, -0.2) is 0 Å². The van der Waals surface area contributed by atoms with E-state index < -0.39 is 5.97 Å². The van der Waals surface area contributed by atoms with Crippen LogP contribution in [0.3, 0.4) is 0 Å². The summed E-state index contributed by atoms with van der Waals surface area (Å²) in [6, 6.07) is 0. The molecule has 1 rings (SSSR count). The Morgan fingerprint density at radius 2 is 2.13 bits per heavy atom. The molecule has 0 radical (unpaired) electrons. The molecule has 1 saturated heterocycles. The second-order valence-corrected chi connectivity index (χ2v) is 3.77. The first-order chi connectivity index (χ1) is 7.07. The SMILES string of the molecule is CCCCCC(=O)O.CN1CCCC1=O. The minimum Gasteiger partial charge on any atom is -0.481 e. The number of carboxylic acid groups (broad SMARTS) is 1. The monoisotopic (exact) mass is 215 g/mol. The standard InChI is InChI=1S/C6H12O2.C5H9NO/c1-2-3-4-5-6(7)8;1-6-4-2-3-5(6)7/h2-5H2,1H3,(H,7,8);2-4H2,1H3. The Bertz CT molecular complexity index is 204. The van der Waals surface area contributed by atoms with Gasteiger partial charge in [0.1, 0.15) is 0 Å². The molecule has 1 heterocycles. The number of carbonyl (C=O) groups is 2. The largest absolute Gasteiger partial charge is 0.481 e. The van der Waals surface area contributed by atoms with Crippen LogP contribution in [0.25, 0.3) is 0 Å². The summed E-state index contributed by atoms with van der Waals surface area (Å²) in [4.78, 5) is 22.1. The predicted molar refractivity (Wildman–Crippen MR) is 58.6 cm³/mol. The molecule has 4 heteroatoms. The number of aliphatic carboxylic acids is 1. The van der Waals surface area contributed by atoms with Crippen LogP contribution in [0.1, 0.15) is 45.4 Å². The van der Waals surface area contributed by atoms with Gasteiger partial charge in [-0.1, -0.05) is 19.8 Å². The topological polar surface area (TPSA) is 57.6 Å². The van der Waals surface area contributed by atoms with Crippen molar-refractivity contribution in [3.63, 3.8) is 0 Å². The second kappa shape index (κ2) is 8.26. The van der Waals surface area contributed by atoms with Gasteiger partial charge in [0.25, 0.3) is 0 Å². The number of hydrogen-bond acceptors (Lipinski definition) is 2. The highest BCUT2D eigenvalue weighted by Crippen LogP contribution is 2.04. The third-order valence-corrected chi connectivity index (χ3v) is 2.30. The van der Waals surface area contributed by atoms with Crippen LogP contribution in [0.4, 0.5) is 0 Å². The average molecular weight is 215 g/mol. The van der Waals surface area contributed by atoms with Gasteiger partial charge in [0.15, 0.2) is 0 Å². The normalized spacial score (nSPS) is 14.8. The average Bonchev–Trinajstić information content (AvgIpc) is 2.52. The lowest BCUT2D eigenvalue weighted by molar-refractivity contribution is -0.137. The maximum Gasteiger partial charge on any atom is 0.303 e. The Balaban J connectivity index is 0.000000262. The fourth-order valence-corrected chi connectivity index (χ4v) is 1.31. The maximum atomic E-state index is 10.5. The Kier molecular flexibility index (Phi) is 7.68. The van der Waals surface area contributed by atoms with E-state index >= 15 is 0 Å². The first-order valence-corrected chi connectivity index (χ1v) is 5.53. The van der Waals surface area contributed by atoms with Crippen molar-refractivity contribution in [2.24, 2.45) is 0 Å². The Morgan fingerprint density at radius 1 is 1.47 bits per heavy atom. The number of amides is 1. The summed E-state index contributed by atoms with van der Waals surface area (Å²) in [5.41, 5.74) is 0. The molecule has 0 spiro atoms. The van der Waals surface area contributed by atoms with E-state index in [9.17, 15) is 9.59 Å². The minimum absolute atomic E-state index is 0.292. The molecule has 1 fully saturated rings. The van der Waals surface area contributed by atoms with E-state index in [0.717, 1.165) is 38.6 Å². The van der Waals surface area contributed by atoms with Gasteiger partial charge in [-0.3, -0.25) is 9.59 Å². The van der Waals surface area contributed by atoms with E-state index in [2.05, 4.69) is 6.92 Å². The summed E-state index contributed by atoms with van der Waals surface area (Å²) in [5, 5.41) is 8.14. The van der Waals surface area contributed by atoms with Crippen molar-refractivity contribution in [3.8, 4) is 0 Å². The van der Waals surface area contributed by atoms with Crippen molar-refractivity contribution in [1.29, 1.82) is 0 Å². The summed E-state index contributed by atoms with van der Waals surface area (Å²) in [6.45, 7) is 3.01. The van der Waals surface area contributed by atoms with Crippen molar-refractivity contribution in [1.82, 2.24) is 4.90 Å². The molecular formula is C11H21NO3. The number of nitrogens with zero attached hydrogens (tertiary/aromatic N) is 1. The molecule has 0 unspecified atom stereocenters. The Hall–Kier alpha value is -1.06. The highest BCUT2D eigenvalue weighted by molar-refractivity contribution is 5.77. The smallest absolute Gasteiger partial charge is 0.303 e. The zero-order valence-corrected chi connectivity index (χ0v) is 9.66. The van der Waals surface area contributed by atoms with Crippen LogP contribution in [0.2, 0.25) is 0 Å². The predicted octanol–water partition coefficient (Wildman–Crippen LogP) is 1.89. The van der Waals surface area contributed by atoms with E-state index in [1.807, 2.05) is 7.05 Å². The molecular weight excluding hydrogens is 194 g/mol. The third kappa shape index (κ3) is 7.97. The molecule has 1 aliphatic rings. The molecule has 0 atom stereocenters. The lowest BCUT2D eigenvalue weighted by Gasteiger charge is -2.03. The molecule has 4 nitrogen and oxygen atoms in total. The van der Waals surface area contributed by atoms with Gasteiger partial charge >= 0.3 is 5.97 Å². The van der Waals surface area contributed by atoms with Crippen molar-refractivity contribution >= 4 is 11.9 Å². The van der Waals surface area contributed by atoms with E-state index in [0.29, 0.717) is 12.3 Å². The van der Waals surface area contributed by atoms with Crippen LogP contribution in [0, 0.1) is 0 Å². The second-order valence-electron chi connectivity index (χ2n) is 3.77. The summed E-state index contributed by atoms with van der Waals surface area (Å²) >= 11 is 0. The van der Waals surface area contributed by atoms with E-state index in [1.165, 1.54) is 0 Å². The van der Waals surface area contributed by atoms with E-state index in [4.69, 9.17) is 5.11 Å². The van der Waals surface area contributed by atoms with Gasteiger partial charge in [0, 0.05) is 26.4 Å². The van der Waals surface area contributed by atoms with Crippen LogP contribution in [0.5, 0.6) is 0 Å². The van der Waals surface area contributed by atoms with E-state index in [-0.39, 0.29) is 0 Å². The third-order valence-electron chi connectivity index (χ3n) is 2.30. The van der Waals surface area contributed by atoms with Crippen LogP contribution >= 0.6 is 0 Å². The highest BCUT2D eigenvalue weighted by Gasteiger charge is 2.14. The summed E-state index contributed by atoms with van der Waals surface area (Å²) in [6.07, 6.45) is 5.09. The van der Waals surface area contributed by atoms with Gasteiger partial charge in [-0.15, -0.1) is 0 Å². The van der Waals surface area contributed by atoms with Crippen molar-refractivity contribution < 1.29 is 14.7 Å². The summed E-state index contributed by atoms with van der Waals surface area (Å²) < 4.78 is 0. The van der Waals surface area contributed by atoms with Gasteiger partial charge in [-0.2, -0.15) is 0 Å². The Morgan fingerprint density at radius 3 is 2.40 bits per heavy atom. The fraction of sp³-hybridized carbons (Fsp3) is 0.818. The number of rotatable bonds is 4. The summed E-state index contributed by atoms with van der Waals surface area (Å²) in [7, 11) is 1.84. The Labute approximate surface area is 91.3 Å². The molecule has 1 aliphatic heterocycles. The number of carboxylic acids is 1. The van der Waals surface area contributed by atoms with Crippen LogP contribution in [0.15, 0.2) is 0 Å². The fourth-order valence-electron chi connectivity index (χ4n) is 1.31.